The van der Waals surface area contributed by atoms with Gasteiger partial charge in [-0.25, -0.2) is 0 Å². The zero-order valence-corrected chi connectivity index (χ0v) is 13.8. The Hall–Kier alpha value is -0.860. The summed E-state index contributed by atoms with van der Waals surface area (Å²) in [6.07, 6.45) is 4.49. The Bertz CT molecular complexity index is 387. The maximum absolute atomic E-state index is 5.61. The van der Waals surface area contributed by atoms with Gasteiger partial charge in [-0.2, -0.15) is 0 Å². The predicted octanol–water partition coefficient (Wildman–Crippen LogP) is 4.49. The molecule has 0 aliphatic heterocycles. The first-order chi connectivity index (χ1) is 9.52. The van der Waals surface area contributed by atoms with E-state index in [-0.39, 0.29) is 5.60 Å². The van der Waals surface area contributed by atoms with Crippen molar-refractivity contribution in [3.8, 4) is 0 Å². The Kier molecular flexibility index (Phi) is 7.25. The molecule has 0 aromatic heterocycles. The van der Waals surface area contributed by atoms with E-state index in [1.54, 1.807) is 7.11 Å². The molecule has 0 spiro atoms. The van der Waals surface area contributed by atoms with Gasteiger partial charge < -0.3 is 10.1 Å². The number of benzene rings is 1. The summed E-state index contributed by atoms with van der Waals surface area (Å²) in [4.78, 5) is 0. The number of aryl methyl sites for hydroxylation is 1. The summed E-state index contributed by atoms with van der Waals surface area (Å²) in [5, 5.41) is 3.67. The molecule has 0 heterocycles. The topological polar surface area (TPSA) is 21.3 Å². The molecule has 1 unspecified atom stereocenters. The van der Waals surface area contributed by atoms with Crippen LogP contribution in [0.2, 0.25) is 0 Å². The van der Waals surface area contributed by atoms with E-state index in [1.165, 1.54) is 17.5 Å². The molecule has 1 atom stereocenters. The summed E-state index contributed by atoms with van der Waals surface area (Å²) in [6, 6.07) is 9.36. The molecule has 1 aromatic rings. The van der Waals surface area contributed by atoms with Crippen LogP contribution in [0, 0.1) is 0 Å². The first-order valence-electron chi connectivity index (χ1n) is 7.89. The van der Waals surface area contributed by atoms with Gasteiger partial charge in [-0.15, -0.1) is 0 Å². The molecule has 0 saturated heterocycles. The second-order valence-electron chi connectivity index (χ2n) is 6.17. The van der Waals surface area contributed by atoms with Gasteiger partial charge in [-0.1, -0.05) is 44.5 Å². The van der Waals surface area contributed by atoms with Gasteiger partial charge in [-0.05, 0) is 50.8 Å². The fourth-order valence-corrected chi connectivity index (χ4v) is 2.46. The van der Waals surface area contributed by atoms with Gasteiger partial charge in [0.2, 0.25) is 0 Å². The normalized spacial score (nSPS) is 13.4. The zero-order valence-electron chi connectivity index (χ0n) is 13.8. The molecule has 0 aliphatic rings. The molecule has 0 radical (unpaired) electrons. The van der Waals surface area contributed by atoms with Crippen molar-refractivity contribution in [2.45, 2.75) is 65.0 Å². The molecule has 20 heavy (non-hydrogen) atoms. The van der Waals surface area contributed by atoms with E-state index in [1.807, 2.05) is 0 Å². The van der Waals surface area contributed by atoms with Crippen LogP contribution in [0.1, 0.15) is 64.1 Å². The summed E-state index contributed by atoms with van der Waals surface area (Å²) in [5.74, 6) is 0. The Labute approximate surface area is 124 Å². The fraction of sp³-hybridized carbons (Fsp3) is 0.667. The maximum Gasteiger partial charge on any atom is 0.0640 e. The van der Waals surface area contributed by atoms with Gasteiger partial charge in [0.1, 0.15) is 0 Å². The van der Waals surface area contributed by atoms with Crippen LogP contribution in [0.3, 0.4) is 0 Å². The van der Waals surface area contributed by atoms with Gasteiger partial charge in [-0.3, -0.25) is 0 Å². The summed E-state index contributed by atoms with van der Waals surface area (Å²) >= 11 is 0. The fourth-order valence-electron chi connectivity index (χ4n) is 2.46. The van der Waals surface area contributed by atoms with Crippen molar-refractivity contribution < 1.29 is 4.74 Å². The highest BCUT2D eigenvalue weighted by Gasteiger charge is 2.23. The van der Waals surface area contributed by atoms with Crippen molar-refractivity contribution in [2.24, 2.45) is 0 Å². The number of methoxy groups -OCH3 is 1. The van der Waals surface area contributed by atoms with Crippen LogP contribution in [-0.2, 0) is 11.2 Å². The molecule has 0 fully saturated rings. The van der Waals surface area contributed by atoms with E-state index >= 15 is 0 Å². The Balaban J connectivity index is 2.88. The molecule has 0 aliphatic carbocycles. The van der Waals surface area contributed by atoms with Crippen molar-refractivity contribution in [1.29, 1.82) is 0 Å². The lowest BCUT2D eigenvalue weighted by Crippen LogP contribution is -2.32. The molecule has 1 N–H and O–H groups in total. The molecule has 1 aromatic carbocycles. The van der Waals surface area contributed by atoms with Crippen LogP contribution in [0.5, 0.6) is 0 Å². The molecule has 114 valence electrons. The maximum atomic E-state index is 5.61. The average molecular weight is 277 g/mol. The summed E-state index contributed by atoms with van der Waals surface area (Å²) in [6.45, 7) is 9.79. The third-order valence-corrected chi connectivity index (χ3v) is 3.78. The van der Waals surface area contributed by atoms with E-state index in [2.05, 4.69) is 57.3 Å². The van der Waals surface area contributed by atoms with Crippen molar-refractivity contribution >= 4 is 0 Å². The third kappa shape index (κ3) is 5.64. The van der Waals surface area contributed by atoms with E-state index in [0.717, 1.165) is 25.8 Å². The lowest BCUT2D eigenvalue weighted by molar-refractivity contribution is 0.00684. The van der Waals surface area contributed by atoms with Gasteiger partial charge in [0, 0.05) is 13.2 Å². The van der Waals surface area contributed by atoms with Gasteiger partial charge in [0.05, 0.1) is 5.60 Å². The number of hydrogen-bond donors (Lipinski definition) is 1. The highest BCUT2D eigenvalue weighted by atomic mass is 16.5. The van der Waals surface area contributed by atoms with Crippen molar-refractivity contribution in [1.82, 2.24) is 5.32 Å². The number of nitrogens with one attached hydrogen (secondary N) is 1. The third-order valence-electron chi connectivity index (χ3n) is 3.78. The van der Waals surface area contributed by atoms with E-state index in [4.69, 9.17) is 4.74 Å². The highest BCUT2D eigenvalue weighted by molar-refractivity contribution is 5.26. The second kappa shape index (κ2) is 8.43. The number of rotatable bonds is 9. The minimum absolute atomic E-state index is 0.105. The Morgan fingerprint density at radius 3 is 2.55 bits per heavy atom. The lowest BCUT2D eigenvalue weighted by Gasteiger charge is -2.30. The minimum Gasteiger partial charge on any atom is -0.379 e. The van der Waals surface area contributed by atoms with Crippen molar-refractivity contribution in [3.63, 3.8) is 0 Å². The monoisotopic (exact) mass is 277 g/mol. The van der Waals surface area contributed by atoms with Crippen LogP contribution in [0.25, 0.3) is 0 Å². The van der Waals surface area contributed by atoms with E-state index in [9.17, 15) is 0 Å². The molecule has 2 heteroatoms. The summed E-state index contributed by atoms with van der Waals surface area (Å²) in [7, 11) is 1.80. The minimum atomic E-state index is -0.105. The van der Waals surface area contributed by atoms with Gasteiger partial charge in [0.15, 0.2) is 0 Å². The molecule has 0 amide bonds. The van der Waals surface area contributed by atoms with Gasteiger partial charge >= 0.3 is 0 Å². The smallest absolute Gasteiger partial charge is 0.0640 e. The average Bonchev–Trinajstić information content (AvgIpc) is 2.44. The molecule has 1 rings (SSSR count). The second-order valence-corrected chi connectivity index (χ2v) is 6.17. The SMILES string of the molecule is CCCNC(CC(C)(C)OC)c1cccc(CCC)c1. The van der Waals surface area contributed by atoms with Crippen LogP contribution in [0.4, 0.5) is 0 Å². The molecule has 0 saturated carbocycles. The quantitative estimate of drug-likeness (QED) is 0.718. The molecular formula is C18H31NO. The van der Waals surface area contributed by atoms with Crippen LogP contribution < -0.4 is 5.32 Å². The first-order valence-corrected chi connectivity index (χ1v) is 7.89. The van der Waals surface area contributed by atoms with Crippen LogP contribution in [0.15, 0.2) is 24.3 Å². The Morgan fingerprint density at radius 1 is 1.20 bits per heavy atom. The van der Waals surface area contributed by atoms with Gasteiger partial charge in [0.25, 0.3) is 0 Å². The first kappa shape index (κ1) is 17.2. The largest absolute Gasteiger partial charge is 0.379 e. The van der Waals surface area contributed by atoms with Crippen LogP contribution in [-0.4, -0.2) is 19.3 Å². The Morgan fingerprint density at radius 2 is 1.95 bits per heavy atom. The van der Waals surface area contributed by atoms with E-state index < -0.39 is 0 Å². The summed E-state index contributed by atoms with van der Waals surface area (Å²) in [5.41, 5.74) is 2.71. The predicted molar refractivity (Wildman–Crippen MR) is 87.2 cm³/mol. The van der Waals surface area contributed by atoms with E-state index in [0.29, 0.717) is 6.04 Å². The van der Waals surface area contributed by atoms with Crippen molar-refractivity contribution in [2.75, 3.05) is 13.7 Å². The standard InChI is InChI=1S/C18H31NO/c1-6-9-15-10-8-11-16(13-15)17(19-12-7-2)14-18(3,4)20-5/h8,10-11,13,17,19H,6-7,9,12,14H2,1-5H3. The molecule has 0 bridgehead atoms. The lowest BCUT2D eigenvalue weighted by atomic mass is 9.92. The molecule has 2 nitrogen and oxygen atoms in total. The zero-order chi connectivity index (χ0) is 15.0. The molecular weight excluding hydrogens is 246 g/mol. The number of hydrogen-bond acceptors (Lipinski definition) is 2. The number of ether oxygens (including phenoxy) is 1. The summed E-state index contributed by atoms with van der Waals surface area (Å²) < 4.78 is 5.61. The highest BCUT2D eigenvalue weighted by Crippen LogP contribution is 2.26. The van der Waals surface area contributed by atoms with Crippen LogP contribution >= 0.6 is 0 Å². The van der Waals surface area contributed by atoms with Crippen molar-refractivity contribution in [3.05, 3.63) is 35.4 Å².